The van der Waals surface area contributed by atoms with E-state index in [-0.39, 0.29) is 5.97 Å². The van der Waals surface area contributed by atoms with Crippen molar-refractivity contribution in [3.63, 3.8) is 0 Å². The Bertz CT molecular complexity index is 400. The monoisotopic (exact) mass is 220 g/mol. The van der Waals surface area contributed by atoms with Crippen LogP contribution in [0.2, 0.25) is 0 Å². The Balaban J connectivity index is 2.05. The lowest BCUT2D eigenvalue weighted by Crippen LogP contribution is -2.07. The Kier molecular flexibility index (Phi) is 2.99. The number of nitrogens with one attached hydrogen (secondary N) is 1. The van der Waals surface area contributed by atoms with E-state index in [1.54, 1.807) is 12.1 Å². The highest BCUT2D eigenvalue weighted by atomic mass is 16.5. The fraction of sp³-hybridized carbons (Fsp3) is 0.417. The number of carbonyl (C=O) groups excluding carboxylic acids is 1. The van der Waals surface area contributed by atoms with Gasteiger partial charge in [0, 0.05) is 6.54 Å². The van der Waals surface area contributed by atoms with E-state index in [4.69, 9.17) is 5.73 Å². The van der Waals surface area contributed by atoms with E-state index >= 15 is 0 Å². The third-order valence-corrected chi connectivity index (χ3v) is 2.75. The molecule has 0 heterocycles. The first-order valence-corrected chi connectivity index (χ1v) is 5.42. The summed E-state index contributed by atoms with van der Waals surface area (Å²) in [5.41, 5.74) is 7.81. The Morgan fingerprint density at radius 1 is 1.56 bits per heavy atom. The van der Waals surface area contributed by atoms with E-state index < -0.39 is 0 Å². The Morgan fingerprint density at radius 2 is 2.31 bits per heavy atom. The lowest BCUT2D eigenvalue weighted by Gasteiger charge is -2.09. The number of rotatable bonds is 4. The number of methoxy groups -OCH3 is 1. The average Bonchev–Trinajstić information content (AvgIpc) is 3.10. The maximum atomic E-state index is 11.3. The molecule has 3 N–H and O–H groups in total. The van der Waals surface area contributed by atoms with E-state index in [0.29, 0.717) is 11.3 Å². The number of ether oxygens (including phenoxy) is 1. The smallest absolute Gasteiger partial charge is 0.337 e. The van der Waals surface area contributed by atoms with Gasteiger partial charge in [0.05, 0.1) is 24.0 Å². The van der Waals surface area contributed by atoms with E-state index in [2.05, 4.69) is 10.1 Å². The summed E-state index contributed by atoms with van der Waals surface area (Å²) in [4.78, 5) is 11.3. The summed E-state index contributed by atoms with van der Waals surface area (Å²) in [6, 6.07) is 5.18. The molecule has 0 saturated heterocycles. The molecular formula is C12H16N2O2. The van der Waals surface area contributed by atoms with Crippen LogP contribution in [-0.4, -0.2) is 19.6 Å². The number of anilines is 2. The van der Waals surface area contributed by atoms with Gasteiger partial charge in [-0.05, 0) is 37.0 Å². The van der Waals surface area contributed by atoms with Gasteiger partial charge in [-0.3, -0.25) is 0 Å². The highest BCUT2D eigenvalue weighted by Crippen LogP contribution is 2.30. The molecule has 16 heavy (non-hydrogen) atoms. The summed E-state index contributed by atoms with van der Waals surface area (Å²) in [6.45, 7) is 0.960. The zero-order valence-electron chi connectivity index (χ0n) is 9.32. The molecule has 4 nitrogen and oxygen atoms in total. The van der Waals surface area contributed by atoms with Crippen LogP contribution in [0.3, 0.4) is 0 Å². The van der Waals surface area contributed by atoms with Crippen molar-refractivity contribution in [2.24, 2.45) is 5.92 Å². The molecule has 0 atom stereocenters. The third-order valence-electron chi connectivity index (χ3n) is 2.75. The van der Waals surface area contributed by atoms with Crippen LogP contribution in [0.15, 0.2) is 18.2 Å². The molecule has 1 fully saturated rings. The van der Waals surface area contributed by atoms with E-state index in [1.165, 1.54) is 20.0 Å². The van der Waals surface area contributed by atoms with Crippen molar-refractivity contribution < 1.29 is 9.53 Å². The minimum absolute atomic E-state index is 0.361. The molecule has 0 bridgehead atoms. The number of hydrogen-bond acceptors (Lipinski definition) is 4. The molecule has 4 heteroatoms. The Hall–Kier alpha value is -1.71. The van der Waals surface area contributed by atoms with Gasteiger partial charge in [0.2, 0.25) is 0 Å². The summed E-state index contributed by atoms with van der Waals surface area (Å²) in [5, 5.41) is 3.28. The standard InChI is InChI=1S/C12H16N2O2/c1-16-12(15)9-4-5-11(10(13)6-9)14-7-8-2-3-8/h4-6,8,14H,2-3,7,13H2,1H3. The molecule has 0 amide bonds. The molecule has 1 aliphatic rings. The number of carbonyl (C=O) groups is 1. The lowest BCUT2D eigenvalue weighted by atomic mass is 10.1. The number of esters is 1. The summed E-state index contributed by atoms with van der Waals surface area (Å²) >= 11 is 0. The van der Waals surface area contributed by atoms with Gasteiger partial charge in [-0.2, -0.15) is 0 Å². The molecule has 0 radical (unpaired) electrons. The van der Waals surface area contributed by atoms with Gasteiger partial charge in [0.1, 0.15) is 0 Å². The van der Waals surface area contributed by atoms with Gasteiger partial charge >= 0.3 is 5.97 Å². The van der Waals surface area contributed by atoms with Crippen molar-refractivity contribution in [2.75, 3.05) is 24.7 Å². The molecule has 0 spiro atoms. The second-order valence-corrected chi connectivity index (χ2v) is 4.12. The Labute approximate surface area is 94.8 Å². The van der Waals surface area contributed by atoms with E-state index in [1.807, 2.05) is 6.07 Å². The molecule has 0 aromatic heterocycles. The van der Waals surface area contributed by atoms with E-state index in [0.717, 1.165) is 18.2 Å². The van der Waals surface area contributed by atoms with Crippen molar-refractivity contribution in [2.45, 2.75) is 12.8 Å². The maximum absolute atomic E-state index is 11.3. The molecule has 1 saturated carbocycles. The predicted octanol–water partition coefficient (Wildman–Crippen LogP) is 1.88. The van der Waals surface area contributed by atoms with Gasteiger partial charge in [0.25, 0.3) is 0 Å². The van der Waals surface area contributed by atoms with Crippen molar-refractivity contribution >= 4 is 17.3 Å². The molecule has 1 aromatic rings. The van der Waals surface area contributed by atoms with Crippen molar-refractivity contribution in [3.05, 3.63) is 23.8 Å². The largest absolute Gasteiger partial charge is 0.465 e. The molecule has 1 aromatic carbocycles. The topological polar surface area (TPSA) is 64.3 Å². The first-order valence-electron chi connectivity index (χ1n) is 5.42. The van der Waals surface area contributed by atoms with Gasteiger partial charge in [-0.25, -0.2) is 4.79 Å². The molecule has 1 aliphatic carbocycles. The van der Waals surface area contributed by atoms with Crippen molar-refractivity contribution in [1.82, 2.24) is 0 Å². The highest BCUT2D eigenvalue weighted by Gasteiger charge is 2.20. The van der Waals surface area contributed by atoms with Crippen LogP contribution < -0.4 is 11.1 Å². The molecule has 0 aliphatic heterocycles. The molecule has 2 rings (SSSR count). The zero-order chi connectivity index (χ0) is 11.5. The van der Waals surface area contributed by atoms with Crippen molar-refractivity contribution in [3.8, 4) is 0 Å². The average molecular weight is 220 g/mol. The minimum atomic E-state index is -0.361. The van der Waals surface area contributed by atoms with Gasteiger partial charge in [-0.1, -0.05) is 0 Å². The predicted molar refractivity (Wildman–Crippen MR) is 63.4 cm³/mol. The van der Waals surface area contributed by atoms with Gasteiger partial charge in [0.15, 0.2) is 0 Å². The van der Waals surface area contributed by atoms with Crippen LogP contribution in [0.5, 0.6) is 0 Å². The van der Waals surface area contributed by atoms with Crippen LogP contribution in [0.1, 0.15) is 23.2 Å². The SMILES string of the molecule is COC(=O)c1ccc(NCC2CC2)c(N)c1. The van der Waals surface area contributed by atoms with Crippen molar-refractivity contribution in [1.29, 1.82) is 0 Å². The zero-order valence-corrected chi connectivity index (χ0v) is 9.32. The lowest BCUT2D eigenvalue weighted by molar-refractivity contribution is 0.0601. The number of benzene rings is 1. The molecule has 86 valence electrons. The Morgan fingerprint density at radius 3 is 2.88 bits per heavy atom. The maximum Gasteiger partial charge on any atom is 0.337 e. The summed E-state index contributed by atoms with van der Waals surface area (Å²) < 4.78 is 4.62. The second-order valence-electron chi connectivity index (χ2n) is 4.12. The third kappa shape index (κ3) is 2.45. The van der Waals surface area contributed by atoms with Crippen LogP contribution in [0.4, 0.5) is 11.4 Å². The van der Waals surface area contributed by atoms with Gasteiger partial charge in [-0.15, -0.1) is 0 Å². The van der Waals surface area contributed by atoms with Crippen LogP contribution >= 0.6 is 0 Å². The normalized spacial score (nSPS) is 14.6. The fourth-order valence-electron chi connectivity index (χ4n) is 1.54. The quantitative estimate of drug-likeness (QED) is 0.600. The van der Waals surface area contributed by atoms with Crippen LogP contribution in [0, 0.1) is 5.92 Å². The van der Waals surface area contributed by atoms with Crippen LogP contribution in [0.25, 0.3) is 0 Å². The first-order chi connectivity index (χ1) is 7.70. The molecule has 0 unspecified atom stereocenters. The number of nitrogens with two attached hydrogens (primary N) is 1. The van der Waals surface area contributed by atoms with Gasteiger partial charge < -0.3 is 15.8 Å². The first kappa shape index (κ1) is 10.8. The fourth-order valence-corrected chi connectivity index (χ4v) is 1.54. The minimum Gasteiger partial charge on any atom is -0.465 e. The summed E-state index contributed by atoms with van der Waals surface area (Å²) in [6.07, 6.45) is 2.60. The van der Waals surface area contributed by atoms with E-state index in [9.17, 15) is 4.79 Å². The number of nitrogen functional groups attached to an aromatic ring is 1. The molecular weight excluding hydrogens is 204 g/mol. The summed E-state index contributed by atoms with van der Waals surface area (Å²) in [5.74, 6) is 0.431. The highest BCUT2D eigenvalue weighted by molar-refractivity contribution is 5.91. The summed E-state index contributed by atoms with van der Waals surface area (Å²) in [7, 11) is 1.36. The number of hydrogen-bond donors (Lipinski definition) is 2. The second kappa shape index (κ2) is 4.43. The van der Waals surface area contributed by atoms with Crippen LogP contribution in [-0.2, 0) is 4.74 Å².